The Hall–Kier alpha value is -2.99. The maximum atomic E-state index is 12.3. The van der Waals surface area contributed by atoms with Crippen LogP contribution in [0.3, 0.4) is 0 Å². The molecule has 1 atom stereocenters. The number of fused-ring (bicyclic) bond motifs is 1. The molecule has 1 heterocycles. The van der Waals surface area contributed by atoms with Crippen LogP contribution in [0.25, 0.3) is 0 Å². The van der Waals surface area contributed by atoms with Crippen molar-refractivity contribution in [1.29, 1.82) is 0 Å². The van der Waals surface area contributed by atoms with Gasteiger partial charge in [-0.15, -0.1) is 0 Å². The van der Waals surface area contributed by atoms with Gasteiger partial charge in [0.15, 0.2) is 18.0 Å². The molecule has 0 saturated carbocycles. The van der Waals surface area contributed by atoms with Gasteiger partial charge in [0.2, 0.25) is 6.79 Å². The van der Waals surface area contributed by atoms with E-state index in [9.17, 15) is 4.79 Å². The third-order valence-electron chi connectivity index (χ3n) is 3.92. The molecule has 26 heavy (non-hydrogen) atoms. The van der Waals surface area contributed by atoms with Gasteiger partial charge >= 0.3 is 0 Å². The first-order valence-corrected chi connectivity index (χ1v) is 8.47. The van der Waals surface area contributed by atoms with Crippen molar-refractivity contribution < 1.29 is 23.9 Å². The van der Waals surface area contributed by atoms with Crippen LogP contribution in [0.15, 0.2) is 55.1 Å². The van der Waals surface area contributed by atoms with E-state index in [-0.39, 0.29) is 12.7 Å². The Morgan fingerprint density at radius 1 is 1.23 bits per heavy atom. The van der Waals surface area contributed by atoms with Gasteiger partial charge < -0.3 is 24.4 Å². The Bertz CT molecular complexity index is 774. The van der Waals surface area contributed by atoms with Crippen molar-refractivity contribution >= 4 is 11.6 Å². The maximum Gasteiger partial charge on any atom is 0.279 e. The van der Waals surface area contributed by atoms with Crippen molar-refractivity contribution in [3.63, 3.8) is 0 Å². The lowest BCUT2D eigenvalue weighted by Gasteiger charge is -2.14. The Labute approximate surface area is 153 Å². The van der Waals surface area contributed by atoms with Crippen LogP contribution in [0.4, 0.5) is 5.69 Å². The minimum atomic E-state index is -0.0488. The molecule has 0 fully saturated rings. The van der Waals surface area contributed by atoms with Crippen molar-refractivity contribution in [1.82, 2.24) is 0 Å². The van der Waals surface area contributed by atoms with Crippen LogP contribution >= 0.6 is 0 Å². The average Bonchev–Trinajstić information content (AvgIpc) is 3.08. The summed E-state index contributed by atoms with van der Waals surface area (Å²) in [5.41, 5.74) is 1.85. The molecule has 0 spiro atoms. The third-order valence-corrected chi connectivity index (χ3v) is 3.92. The lowest BCUT2D eigenvalue weighted by Crippen LogP contribution is -3.08. The van der Waals surface area contributed by atoms with Gasteiger partial charge in [-0.05, 0) is 36.4 Å². The van der Waals surface area contributed by atoms with Crippen molar-refractivity contribution in [3.05, 3.63) is 60.7 Å². The van der Waals surface area contributed by atoms with E-state index in [0.717, 1.165) is 22.8 Å². The van der Waals surface area contributed by atoms with Crippen LogP contribution in [0.2, 0.25) is 0 Å². The largest absolute Gasteiger partial charge is 0.490 e. The number of quaternary nitrogens is 1. The Morgan fingerprint density at radius 2 is 2.00 bits per heavy atom. The fraction of sp³-hybridized carbons (Fsp3) is 0.250. The predicted molar refractivity (Wildman–Crippen MR) is 98.8 cm³/mol. The lowest BCUT2D eigenvalue weighted by molar-refractivity contribution is -0.885. The second-order valence-electron chi connectivity index (χ2n) is 6.17. The molecule has 0 aliphatic carbocycles. The van der Waals surface area contributed by atoms with E-state index in [1.165, 1.54) is 0 Å². The number of amides is 1. The first-order chi connectivity index (χ1) is 12.6. The number of likely N-dealkylation sites (N-methyl/N-ethyl adjacent to an activating group) is 1. The fourth-order valence-corrected chi connectivity index (χ4v) is 2.72. The summed E-state index contributed by atoms with van der Waals surface area (Å²) in [6.45, 7) is 5.45. The van der Waals surface area contributed by atoms with Crippen LogP contribution in [-0.2, 0) is 11.3 Å². The summed E-state index contributed by atoms with van der Waals surface area (Å²) in [5, 5.41) is 2.90. The lowest BCUT2D eigenvalue weighted by atomic mass is 10.2. The molecule has 6 nitrogen and oxygen atoms in total. The number of ether oxygens (including phenoxy) is 3. The molecule has 6 heteroatoms. The van der Waals surface area contributed by atoms with E-state index < -0.39 is 0 Å². The molecular weight excluding hydrogens is 332 g/mol. The molecule has 2 N–H and O–H groups in total. The van der Waals surface area contributed by atoms with Gasteiger partial charge in [-0.3, -0.25) is 4.79 Å². The standard InChI is InChI=1S/C20H22N2O4/c1-3-10-24-17-7-4-15(5-8-17)12-22(2)13-20(23)21-16-6-9-18-19(11-16)26-14-25-18/h3-9,11H,1,10,12-14H2,2H3,(H,21,23)/p+1. The highest BCUT2D eigenvalue weighted by Gasteiger charge is 2.15. The minimum Gasteiger partial charge on any atom is -0.490 e. The number of anilines is 1. The van der Waals surface area contributed by atoms with E-state index >= 15 is 0 Å². The quantitative estimate of drug-likeness (QED) is 0.707. The van der Waals surface area contributed by atoms with Crippen LogP contribution in [0, 0.1) is 0 Å². The first-order valence-electron chi connectivity index (χ1n) is 8.47. The van der Waals surface area contributed by atoms with E-state index in [4.69, 9.17) is 14.2 Å². The second kappa shape index (κ2) is 8.40. The topological polar surface area (TPSA) is 61.2 Å². The molecule has 1 amide bonds. The Morgan fingerprint density at radius 3 is 2.77 bits per heavy atom. The van der Waals surface area contributed by atoms with E-state index in [1.54, 1.807) is 18.2 Å². The van der Waals surface area contributed by atoms with Gasteiger partial charge in [0, 0.05) is 17.3 Å². The molecule has 136 valence electrons. The molecule has 2 aromatic carbocycles. The van der Waals surface area contributed by atoms with Gasteiger partial charge in [-0.25, -0.2) is 0 Å². The van der Waals surface area contributed by atoms with E-state index in [1.807, 2.05) is 37.4 Å². The summed E-state index contributed by atoms with van der Waals surface area (Å²) < 4.78 is 16.1. The SMILES string of the molecule is C=CCOc1ccc(C[NH+](C)CC(=O)Nc2ccc3c(c2)OCO3)cc1. The van der Waals surface area contributed by atoms with Gasteiger partial charge in [0.05, 0.1) is 7.05 Å². The second-order valence-corrected chi connectivity index (χ2v) is 6.17. The van der Waals surface area contributed by atoms with Gasteiger partial charge in [-0.2, -0.15) is 0 Å². The Kier molecular flexibility index (Phi) is 5.76. The molecule has 0 radical (unpaired) electrons. The molecule has 1 aliphatic rings. The van der Waals surface area contributed by atoms with Gasteiger partial charge in [0.1, 0.15) is 18.9 Å². The van der Waals surface area contributed by atoms with E-state index in [2.05, 4.69) is 11.9 Å². The minimum absolute atomic E-state index is 0.0488. The highest BCUT2D eigenvalue weighted by atomic mass is 16.7. The van der Waals surface area contributed by atoms with Gasteiger partial charge in [0.25, 0.3) is 5.91 Å². The molecule has 0 aromatic heterocycles. The normalized spacial score (nSPS) is 13.1. The van der Waals surface area contributed by atoms with Crippen molar-refractivity contribution in [2.75, 3.05) is 32.3 Å². The predicted octanol–water partition coefficient (Wildman–Crippen LogP) is 1.63. The molecule has 3 rings (SSSR count). The molecule has 2 aromatic rings. The number of hydrogen-bond donors (Lipinski definition) is 2. The van der Waals surface area contributed by atoms with Crippen molar-refractivity contribution in [2.24, 2.45) is 0 Å². The molecule has 0 bridgehead atoms. The zero-order chi connectivity index (χ0) is 18.4. The summed E-state index contributed by atoms with van der Waals surface area (Å²) in [6.07, 6.45) is 1.71. The Balaban J connectivity index is 1.48. The average molecular weight is 355 g/mol. The molecule has 1 aliphatic heterocycles. The van der Waals surface area contributed by atoms with Crippen molar-refractivity contribution in [2.45, 2.75) is 6.54 Å². The summed E-state index contributed by atoms with van der Waals surface area (Å²) in [4.78, 5) is 13.3. The molecule has 1 unspecified atom stereocenters. The zero-order valence-corrected chi connectivity index (χ0v) is 14.8. The summed E-state index contributed by atoms with van der Waals surface area (Å²) in [5.74, 6) is 2.12. The van der Waals surface area contributed by atoms with E-state index in [0.29, 0.717) is 30.3 Å². The number of rotatable bonds is 8. The summed E-state index contributed by atoms with van der Waals surface area (Å²) >= 11 is 0. The first kappa shape index (κ1) is 17.8. The number of nitrogens with one attached hydrogen (secondary N) is 2. The highest BCUT2D eigenvalue weighted by molar-refractivity contribution is 5.91. The number of hydrogen-bond acceptors (Lipinski definition) is 4. The number of carbonyl (C=O) groups excluding carboxylic acids is 1. The maximum absolute atomic E-state index is 12.3. The summed E-state index contributed by atoms with van der Waals surface area (Å²) in [7, 11) is 1.99. The van der Waals surface area contributed by atoms with Crippen LogP contribution in [0.1, 0.15) is 5.56 Å². The zero-order valence-electron chi connectivity index (χ0n) is 14.8. The number of benzene rings is 2. The fourth-order valence-electron chi connectivity index (χ4n) is 2.72. The van der Waals surface area contributed by atoms with Crippen LogP contribution in [0.5, 0.6) is 17.2 Å². The molecular formula is C20H23N2O4+. The van der Waals surface area contributed by atoms with Gasteiger partial charge in [-0.1, -0.05) is 12.7 Å². The molecule has 0 saturated heterocycles. The van der Waals surface area contributed by atoms with Crippen LogP contribution < -0.4 is 24.4 Å². The monoisotopic (exact) mass is 355 g/mol. The van der Waals surface area contributed by atoms with Crippen LogP contribution in [-0.4, -0.2) is 32.9 Å². The summed E-state index contributed by atoms with van der Waals surface area (Å²) in [6, 6.07) is 13.3. The smallest absolute Gasteiger partial charge is 0.279 e. The van der Waals surface area contributed by atoms with Crippen molar-refractivity contribution in [3.8, 4) is 17.2 Å². The number of carbonyl (C=O) groups is 1. The highest BCUT2D eigenvalue weighted by Crippen LogP contribution is 2.34. The third kappa shape index (κ3) is 4.77.